The number of benzene rings is 1. The molecule has 0 spiro atoms. The maximum atomic E-state index is 14.2. The molecule has 0 saturated heterocycles. The van der Waals surface area contributed by atoms with Gasteiger partial charge in [-0.25, -0.2) is 13.8 Å². The van der Waals surface area contributed by atoms with Gasteiger partial charge in [0.25, 0.3) is 0 Å². The van der Waals surface area contributed by atoms with Crippen molar-refractivity contribution in [2.75, 3.05) is 11.4 Å². The van der Waals surface area contributed by atoms with Crippen molar-refractivity contribution in [3.8, 4) is 22.0 Å². The Hall–Kier alpha value is -3.13. The highest BCUT2D eigenvalue weighted by atomic mass is 32.1. The van der Waals surface area contributed by atoms with Crippen molar-refractivity contribution < 1.29 is 8.78 Å². The largest absolute Gasteiger partial charge is 0.358 e. The van der Waals surface area contributed by atoms with Gasteiger partial charge in [-0.2, -0.15) is 0 Å². The summed E-state index contributed by atoms with van der Waals surface area (Å²) in [5.74, 6) is -0.213. The summed E-state index contributed by atoms with van der Waals surface area (Å²) in [6.07, 6.45) is 5.75. The van der Waals surface area contributed by atoms with Crippen LogP contribution in [0.25, 0.3) is 22.0 Å². The first kappa shape index (κ1) is 17.9. The van der Waals surface area contributed by atoms with Gasteiger partial charge in [-0.15, -0.1) is 11.3 Å². The number of thiazole rings is 1. The molecule has 1 aromatic carbocycles. The molecule has 4 heterocycles. The summed E-state index contributed by atoms with van der Waals surface area (Å²) in [7, 11) is 0. The molecular weight excluding hydrogens is 392 g/mol. The molecule has 0 bridgehead atoms. The zero-order chi connectivity index (χ0) is 20.0. The fourth-order valence-corrected chi connectivity index (χ4v) is 4.61. The molecule has 5 nitrogen and oxygen atoms in total. The first-order valence-electron chi connectivity index (χ1n) is 9.24. The lowest BCUT2D eigenvalue weighted by Gasteiger charge is -2.27. The van der Waals surface area contributed by atoms with Crippen molar-refractivity contribution in [3.05, 3.63) is 70.6 Å². The molecule has 1 aliphatic heterocycles. The van der Waals surface area contributed by atoms with Crippen molar-refractivity contribution in [1.29, 1.82) is 0 Å². The van der Waals surface area contributed by atoms with E-state index in [9.17, 15) is 8.78 Å². The number of anilines is 1. The van der Waals surface area contributed by atoms with Crippen molar-refractivity contribution in [2.24, 2.45) is 0 Å². The Bertz CT molecular complexity index is 1170. The molecule has 0 fully saturated rings. The van der Waals surface area contributed by atoms with Gasteiger partial charge >= 0.3 is 0 Å². The van der Waals surface area contributed by atoms with E-state index in [4.69, 9.17) is 4.98 Å². The lowest BCUT2D eigenvalue weighted by molar-refractivity contribution is 0.589. The van der Waals surface area contributed by atoms with E-state index < -0.39 is 11.6 Å². The molecule has 8 heteroatoms. The van der Waals surface area contributed by atoms with E-state index in [-0.39, 0.29) is 5.56 Å². The molecule has 146 valence electrons. The third-order valence-corrected chi connectivity index (χ3v) is 6.05. The van der Waals surface area contributed by atoms with Gasteiger partial charge in [0.05, 0.1) is 17.5 Å². The monoisotopic (exact) mass is 409 g/mol. The van der Waals surface area contributed by atoms with Crippen molar-refractivity contribution in [3.63, 3.8) is 0 Å². The Balaban J connectivity index is 1.45. The van der Waals surface area contributed by atoms with Crippen LogP contribution in [0.4, 0.5) is 14.6 Å². The number of hydrogen-bond acceptors (Lipinski definition) is 5. The number of nitrogens with zero attached hydrogens (tertiary/aromatic N) is 4. The molecule has 0 radical (unpaired) electrons. The smallest absolute Gasteiger partial charge is 0.146 e. The highest BCUT2D eigenvalue weighted by Crippen LogP contribution is 2.35. The molecule has 5 rings (SSSR count). The first-order valence-corrected chi connectivity index (χ1v) is 10.1. The Morgan fingerprint density at radius 2 is 2.00 bits per heavy atom. The maximum Gasteiger partial charge on any atom is 0.146 e. The average Bonchev–Trinajstić information content (AvgIpc) is 3.31. The van der Waals surface area contributed by atoms with Crippen LogP contribution in [-0.4, -0.2) is 26.5 Å². The summed E-state index contributed by atoms with van der Waals surface area (Å²) in [5.41, 5.74) is 3.26. The van der Waals surface area contributed by atoms with E-state index in [1.165, 1.54) is 18.2 Å². The van der Waals surface area contributed by atoms with Crippen LogP contribution in [-0.2, 0) is 13.0 Å². The number of hydrogen-bond donors (Lipinski definition) is 1. The minimum atomic E-state index is -0.565. The number of aryl methyl sites for hydroxylation is 1. The van der Waals surface area contributed by atoms with Crippen LogP contribution in [0.3, 0.4) is 0 Å². The highest BCUT2D eigenvalue weighted by Gasteiger charge is 2.24. The van der Waals surface area contributed by atoms with E-state index >= 15 is 0 Å². The lowest BCUT2D eigenvalue weighted by atomic mass is 10.1. The summed E-state index contributed by atoms with van der Waals surface area (Å²) in [4.78, 5) is 19.7. The average molecular weight is 409 g/mol. The van der Waals surface area contributed by atoms with Gasteiger partial charge in [0, 0.05) is 42.5 Å². The van der Waals surface area contributed by atoms with Gasteiger partial charge in [-0.3, -0.25) is 9.97 Å². The summed E-state index contributed by atoms with van der Waals surface area (Å²) in [6, 6.07) is 5.76. The number of nitrogens with one attached hydrogen (secondary N) is 1. The van der Waals surface area contributed by atoms with Gasteiger partial charge in [0.1, 0.15) is 28.2 Å². The fraction of sp³-hybridized carbons (Fsp3) is 0.190. The second-order valence-electron chi connectivity index (χ2n) is 6.94. The Morgan fingerprint density at radius 3 is 2.76 bits per heavy atom. The number of aromatic amines is 1. The molecule has 1 aliphatic rings. The second kappa shape index (κ2) is 7.04. The van der Waals surface area contributed by atoms with Gasteiger partial charge in [0.15, 0.2) is 0 Å². The van der Waals surface area contributed by atoms with Crippen molar-refractivity contribution in [2.45, 2.75) is 19.9 Å². The fourth-order valence-electron chi connectivity index (χ4n) is 3.71. The van der Waals surface area contributed by atoms with Crippen LogP contribution < -0.4 is 4.90 Å². The summed E-state index contributed by atoms with van der Waals surface area (Å²) in [6.45, 7) is 3.45. The van der Waals surface area contributed by atoms with Crippen molar-refractivity contribution in [1.82, 2.24) is 19.9 Å². The number of rotatable bonds is 3. The first-order chi connectivity index (χ1) is 14.1. The number of aromatic nitrogens is 4. The van der Waals surface area contributed by atoms with Crippen LogP contribution in [0.5, 0.6) is 0 Å². The molecule has 3 aromatic heterocycles. The van der Waals surface area contributed by atoms with E-state index in [0.29, 0.717) is 12.2 Å². The summed E-state index contributed by atoms with van der Waals surface area (Å²) in [5, 5.41) is 0.833. The third-order valence-electron chi connectivity index (χ3n) is 5.07. The zero-order valence-electron chi connectivity index (χ0n) is 15.6. The quantitative estimate of drug-likeness (QED) is 0.531. The molecule has 0 atom stereocenters. The van der Waals surface area contributed by atoms with E-state index in [1.807, 2.05) is 13.0 Å². The summed E-state index contributed by atoms with van der Waals surface area (Å²) >= 11 is 1.59. The standard InChI is InChI=1S/C21H17F2N5S/c1-12-20(27-21(29-12)18-10-24-6-7-25-18)28-8-5-16-13(11-28)9-17(26-16)19-14(22)3-2-4-15(19)23/h2-4,6-7,9-10,26H,5,8,11H2,1H3. The Morgan fingerprint density at radius 1 is 1.17 bits per heavy atom. The number of fused-ring (bicyclic) bond motifs is 1. The van der Waals surface area contributed by atoms with Gasteiger partial charge in [0.2, 0.25) is 0 Å². The molecule has 0 amide bonds. The minimum Gasteiger partial charge on any atom is -0.358 e. The van der Waals surface area contributed by atoms with E-state index in [0.717, 1.165) is 45.6 Å². The third kappa shape index (κ3) is 3.19. The van der Waals surface area contributed by atoms with Crippen LogP contribution in [0.2, 0.25) is 0 Å². The van der Waals surface area contributed by atoms with Crippen LogP contribution in [0.15, 0.2) is 42.9 Å². The Kier molecular flexibility index (Phi) is 4.35. The molecule has 1 N–H and O–H groups in total. The van der Waals surface area contributed by atoms with Gasteiger partial charge in [-0.05, 0) is 30.7 Å². The zero-order valence-corrected chi connectivity index (χ0v) is 16.4. The Labute approximate surface area is 170 Å². The minimum absolute atomic E-state index is 0.0109. The van der Waals surface area contributed by atoms with E-state index in [1.54, 1.807) is 29.9 Å². The molecule has 0 unspecified atom stereocenters. The molecule has 29 heavy (non-hydrogen) atoms. The predicted molar refractivity (Wildman–Crippen MR) is 109 cm³/mol. The van der Waals surface area contributed by atoms with Gasteiger partial charge < -0.3 is 9.88 Å². The SMILES string of the molecule is Cc1sc(-c2cnccn2)nc1N1CCc2[nH]c(-c3c(F)cccc3F)cc2C1. The topological polar surface area (TPSA) is 57.7 Å². The molecular formula is C21H17F2N5S. The number of halogens is 2. The van der Waals surface area contributed by atoms with Crippen LogP contribution in [0.1, 0.15) is 16.1 Å². The molecule has 0 saturated carbocycles. The molecule has 4 aromatic rings. The van der Waals surface area contributed by atoms with Crippen LogP contribution in [0, 0.1) is 18.6 Å². The maximum absolute atomic E-state index is 14.2. The normalized spacial score (nSPS) is 13.6. The highest BCUT2D eigenvalue weighted by molar-refractivity contribution is 7.15. The molecule has 0 aliphatic carbocycles. The predicted octanol–water partition coefficient (Wildman–Crippen LogP) is 4.74. The lowest BCUT2D eigenvalue weighted by Crippen LogP contribution is -2.30. The number of H-pyrrole nitrogens is 1. The van der Waals surface area contributed by atoms with E-state index in [2.05, 4.69) is 19.9 Å². The second-order valence-corrected chi connectivity index (χ2v) is 8.15. The van der Waals surface area contributed by atoms with Crippen LogP contribution >= 0.6 is 11.3 Å². The van der Waals surface area contributed by atoms with Crippen molar-refractivity contribution >= 4 is 17.2 Å². The summed E-state index contributed by atoms with van der Waals surface area (Å²) < 4.78 is 28.3. The van der Waals surface area contributed by atoms with Gasteiger partial charge in [-0.1, -0.05) is 6.07 Å².